The van der Waals surface area contributed by atoms with E-state index in [4.69, 9.17) is 4.11 Å². The number of fused-ring (bicyclic) bond motifs is 5. The first-order chi connectivity index (χ1) is 15.8. The van der Waals surface area contributed by atoms with Crippen LogP contribution in [0.15, 0.2) is 66.9 Å². The van der Waals surface area contributed by atoms with E-state index in [-0.39, 0.29) is 10.8 Å². The molecule has 1 aromatic heterocycles. The van der Waals surface area contributed by atoms with Crippen molar-refractivity contribution >= 4 is 10.8 Å². The summed E-state index contributed by atoms with van der Waals surface area (Å²) in [7, 11) is 1.93. The molecule has 0 atom stereocenters. The number of benzene rings is 3. The van der Waals surface area contributed by atoms with E-state index in [2.05, 4.69) is 83.1 Å². The predicted octanol–water partition coefficient (Wildman–Crippen LogP) is 7.18. The van der Waals surface area contributed by atoms with Gasteiger partial charge in [-0.1, -0.05) is 70.2 Å². The molecule has 0 aliphatic heterocycles. The van der Waals surface area contributed by atoms with E-state index in [0.717, 1.165) is 11.3 Å². The highest BCUT2D eigenvalue weighted by molar-refractivity contribution is 6.01. The van der Waals surface area contributed by atoms with Crippen molar-refractivity contribution in [1.82, 2.24) is 0 Å². The number of nitrogens with zero attached hydrogens (tertiary/aromatic N) is 1. The van der Waals surface area contributed by atoms with Gasteiger partial charge in [-0.05, 0) is 75.3 Å². The summed E-state index contributed by atoms with van der Waals surface area (Å²) in [6, 6.07) is 21.6. The molecule has 0 spiro atoms. The van der Waals surface area contributed by atoms with E-state index in [1.807, 2.05) is 17.7 Å². The van der Waals surface area contributed by atoms with Gasteiger partial charge in [-0.2, -0.15) is 0 Å². The first kappa shape index (κ1) is 16.7. The molecule has 1 heteroatoms. The normalized spacial score (nSPS) is 17.9. The van der Waals surface area contributed by atoms with Crippen LogP contribution in [0.1, 0.15) is 54.1 Å². The Morgan fingerprint density at radius 1 is 0.806 bits per heavy atom. The third-order valence-corrected chi connectivity index (χ3v) is 7.88. The summed E-state index contributed by atoms with van der Waals surface area (Å²) >= 11 is 0. The maximum atomic E-state index is 7.76. The Morgan fingerprint density at radius 2 is 1.55 bits per heavy atom. The van der Waals surface area contributed by atoms with Crippen LogP contribution in [0.4, 0.5) is 0 Å². The van der Waals surface area contributed by atoms with Gasteiger partial charge in [-0.15, -0.1) is 0 Å². The highest BCUT2D eigenvalue weighted by Gasteiger charge is 2.46. The molecule has 0 saturated carbocycles. The van der Waals surface area contributed by atoms with E-state index < -0.39 is 6.85 Å². The van der Waals surface area contributed by atoms with Gasteiger partial charge in [-0.3, -0.25) is 0 Å². The lowest BCUT2D eigenvalue weighted by molar-refractivity contribution is -0.660. The predicted molar refractivity (Wildman–Crippen MR) is 132 cm³/mol. The van der Waals surface area contributed by atoms with Crippen LogP contribution in [0.2, 0.25) is 0 Å². The molecule has 0 fully saturated rings. The van der Waals surface area contributed by atoms with Crippen LogP contribution in [-0.4, -0.2) is 0 Å². The number of hydrogen-bond donors (Lipinski definition) is 0. The van der Waals surface area contributed by atoms with Crippen molar-refractivity contribution in [2.24, 2.45) is 7.05 Å². The van der Waals surface area contributed by atoms with Crippen LogP contribution in [0.3, 0.4) is 0 Å². The first-order valence-electron chi connectivity index (χ1n) is 12.5. The van der Waals surface area contributed by atoms with Crippen LogP contribution < -0.4 is 4.57 Å². The quantitative estimate of drug-likeness (QED) is 0.293. The van der Waals surface area contributed by atoms with E-state index in [9.17, 15) is 0 Å². The molecule has 0 saturated heterocycles. The van der Waals surface area contributed by atoms with Crippen molar-refractivity contribution in [2.75, 3.05) is 0 Å². The zero-order valence-electron chi connectivity index (χ0n) is 22.3. The summed E-state index contributed by atoms with van der Waals surface area (Å²) in [5.74, 6) is 0. The van der Waals surface area contributed by atoms with Crippen molar-refractivity contribution in [2.45, 2.75) is 52.3 Å². The minimum absolute atomic E-state index is 0.0702. The highest BCUT2D eigenvalue weighted by Crippen LogP contribution is 2.56. The smallest absolute Gasteiger partial charge is 0.201 e. The summed E-state index contributed by atoms with van der Waals surface area (Å²) in [6.07, 6.45) is 1.74. The molecule has 1 heterocycles. The molecular formula is C30H32N+. The highest BCUT2D eigenvalue weighted by atomic mass is 14.9. The van der Waals surface area contributed by atoms with E-state index >= 15 is 0 Å². The summed E-state index contributed by atoms with van der Waals surface area (Å²) in [4.78, 5) is 0. The molecule has 156 valence electrons. The third-order valence-electron chi connectivity index (χ3n) is 7.88. The van der Waals surface area contributed by atoms with Gasteiger partial charge in [0.2, 0.25) is 5.69 Å². The lowest BCUT2D eigenvalue weighted by atomic mass is 9.54. The Bertz CT molecular complexity index is 1460. The van der Waals surface area contributed by atoms with Crippen molar-refractivity contribution in [3.63, 3.8) is 0 Å². The van der Waals surface area contributed by atoms with E-state index in [1.54, 1.807) is 12.3 Å². The second kappa shape index (κ2) is 6.53. The Kier molecular flexibility index (Phi) is 3.52. The summed E-state index contributed by atoms with van der Waals surface area (Å²) < 4.78 is 25.2. The Labute approximate surface area is 190 Å². The van der Waals surface area contributed by atoms with Crippen molar-refractivity contribution < 1.29 is 8.68 Å². The fourth-order valence-corrected chi connectivity index (χ4v) is 5.35. The Balaban J connectivity index is 1.82. The summed E-state index contributed by atoms with van der Waals surface area (Å²) in [5.41, 5.74) is 8.91. The van der Waals surface area contributed by atoms with Gasteiger partial charge in [0.25, 0.3) is 0 Å². The fraction of sp³-hybridized carbons (Fsp3) is 0.300. The SMILES string of the molecule is [2H]C([2H])([2H])c1ccc(-c2cc3c(cc2C)-c2c(ccc4ccccc24)C(C)(C)C3(C)C)[n+](C)c1. The van der Waals surface area contributed by atoms with Crippen LogP contribution in [0.25, 0.3) is 33.2 Å². The average Bonchev–Trinajstić information content (AvgIpc) is 2.76. The average molecular weight is 410 g/mol. The lowest BCUT2D eigenvalue weighted by Gasteiger charge is -2.49. The molecule has 0 amide bonds. The minimum Gasteiger partial charge on any atom is -0.201 e. The number of rotatable bonds is 1. The summed E-state index contributed by atoms with van der Waals surface area (Å²) in [5, 5.41) is 2.56. The maximum Gasteiger partial charge on any atom is 0.212 e. The Morgan fingerprint density at radius 3 is 2.29 bits per heavy atom. The van der Waals surface area contributed by atoms with E-state index in [0.29, 0.717) is 5.56 Å². The van der Waals surface area contributed by atoms with Crippen molar-refractivity contribution in [1.29, 1.82) is 0 Å². The number of aromatic nitrogens is 1. The third kappa shape index (κ3) is 2.72. The zero-order valence-corrected chi connectivity index (χ0v) is 19.3. The second-order valence-electron chi connectivity index (χ2n) is 10.1. The van der Waals surface area contributed by atoms with Gasteiger partial charge in [-0.25, -0.2) is 4.57 Å². The van der Waals surface area contributed by atoms with E-state index in [1.165, 1.54) is 38.6 Å². The molecule has 1 aliphatic rings. The van der Waals surface area contributed by atoms with Gasteiger partial charge in [0.15, 0.2) is 6.20 Å². The van der Waals surface area contributed by atoms with Gasteiger partial charge in [0.05, 0.1) is 0 Å². The monoisotopic (exact) mass is 409 g/mol. The van der Waals surface area contributed by atoms with Crippen LogP contribution in [0.5, 0.6) is 0 Å². The molecule has 1 aliphatic carbocycles. The largest absolute Gasteiger partial charge is 0.212 e. The molecule has 1 nitrogen and oxygen atoms in total. The zero-order chi connectivity index (χ0) is 24.6. The number of hydrogen-bond acceptors (Lipinski definition) is 0. The van der Waals surface area contributed by atoms with Crippen molar-refractivity contribution in [3.8, 4) is 22.4 Å². The first-order valence-corrected chi connectivity index (χ1v) is 11.0. The van der Waals surface area contributed by atoms with Crippen molar-refractivity contribution in [3.05, 3.63) is 89.1 Å². The van der Waals surface area contributed by atoms with Crippen LogP contribution >= 0.6 is 0 Å². The maximum absolute atomic E-state index is 7.76. The van der Waals surface area contributed by atoms with Gasteiger partial charge < -0.3 is 0 Å². The molecule has 0 radical (unpaired) electrons. The van der Waals surface area contributed by atoms with Crippen LogP contribution in [-0.2, 0) is 17.9 Å². The standard InChI is InChI=1S/C30H32N/c1-19-12-15-27(31(7)18-19)23-17-26-24(16-20(23)2)28-22-11-9-8-10-21(22)13-14-25(28)29(3,4)30(26,5)6/h8-18H,1-7H3/q+1/i1D3. The molecule has 31 heavy (non-hydrogen) atoms. The van der Waals surface area contributed by atoms with Gasteiger partial charge in [0, 0.05) is 21.3 Å². The molecule has 5 rings (SSSR count). The minimum atomic E-state index is -2.11. The molecule has 3 aromatic carbocycles. The van der Waals surface area contributed by atoms with Gasteiger partial charge in [0.1, 0.15) is 7.05 Å². The lowest BCUT2D eigenvalue weighted by Crippen LogP contribution is -2.43. The topological polar surface area (TPSA) is 3.88 Å². The fourth-order valence-electron chi connectivity index (χ4n) is 5.35. The number of aryl methyl sites for hydroxylation is 3. The van der Waals surface area contributed by atoms with Crippen LogP contribution in [0, 0.1) is 13.8 Å². The summed E-state index contributed by atoms with van der Waals surface area (Å²) in [6.45, 7) is 9.45. The number of pyridine rings is 1. The molecule has 4 aromatic rings. The molecular weight excluding hydrogens is 374 g/mol. The molecule has 0 N–H and O–H groups in total. The molecule has 0 unspecified atom stereocenters. The molecule has 0 bridgehead atoms. The Hall–Kier alpha value is -2.93. The van der Waals surface area contributed by atoms with Gasteiger partial charge >= 0.3 is 0 Å². The second-order valence-corrected chi connectivity index (χ2v) is 10.1.